The maximum absolute atomic E-state index is 13.6. The Labute approximate surface area is 234 Å². The van der Waals surface area contributed by atoms with Crippen LogP contribution in [0.2, 0.25) is 10.0 Å². The Bertz CT molecular complexity index is 1450. The molecule has 1 heterocycles. The van der Waals surface area contributed by atoms with E-state index in [1.54, 1.807) is 61.5 Å². The van der Waals surface area contributed by atoms with E-state index >= 15 is 0 Å². The lowest BCUT2D eigenvalue weighted by Gasteiger charge is -2.18. The number of hydrogen-bond donors (Lipinski definition) is 1. The number of hydrogen-bond acceptors (Lipinski definition) is 6. The number of anilines is 2. The van der Waals surface area contributed by atoms with Crippen LogP contribution in [0.25, 0.3) is 0 Å². The summed E-state index contributed by atoms with van der Waals surface area (Å²) in [5.41, 5.74) is 1.84. The highest BCUT2D eigenvalue weighted by Crippen LogP contribution is 2.42. The lowest BCUT2D eigenvalue weighted by molar-refractivity contribution is -0.117. The van der Waals surface area contributed by atoms with Crippen molar-refractivity contribution in [3.8, 4) is 6.07 Å². The molecule has 7 nitrogen and oxygen atoms in total. The van der Waals surface area contributed by atoms with Crippen LogP contribution >= 0.6 is 35.0 Å². The van der Waals surface area contributed by atoms with Crippen LogP contribution in [0, 0.1) is 11.3 Å². The third-order valence-corrected chi connectivity index (χ3v) is 7.58. The fourth-order valence-corrected chi connectivity index (χ4v) is 5.41. The maximum atomic E-state index is 13.6. The first kappa shape index (κ1) is 27.3. The van der Waals surface area contributed by atoms with Crippen LogP contribution in [-0.4, -0.2) is 29.6 Å². The first-order chi connectivity index (χ1) is 18.3. The van der Waals surface area contributed by atoms with Gasteiger partial charge in [0.2, 0.25) is 5.91 Å². The molecule has 0 radical (unpaired) electrons. The molecule has 0 bridgehead atoms. The molecule has 3 aromatic carbocycles. The molecule has 1 unspecified atom stereocenters. The van der Waals surface area contributed by atoms with Gasteiger partial charge in [0.05, 0.1) is 27.5 Å². The molecule has 4 rings (SSSR count). The van der Waals surface area contributed by atoms with Crippen molar-refractivity contribution in [1.82, 2.24) is 0 Å². The third-order valence-electron chi connectivity index (χ3n) is 5.58. The van der Waals surface area contributed by atoms with E-state index in [4.69, 9.17) is 27.9 Å². The third kappa shape index (κ3) is 6.03. The van der Waals surface area contributed by atoms with Crippen LogP contribution in [0.5, 0.6) is 0 Å². The minimum Gasteiger partial charge on any atom is -0.462 e. The van der Waals surface area contributed by atoms with Gasteiger partial charge in [0.15, 0.2) is 0 Å². The number of halogens is 2. The molecule has 10 heteroatoms. The molecule has 3 aromatic rings. The molecule has 1 fully saturated rings. The summed E-state index contributed by atoms with van der Waals surface area (Å²) in [6.07, 6.45) is 0.322. The smallest absolute Gasteiger partial charge is 0.338 e. The number of nitriles is 1. The van der Waals surface area contributed by atoms with Crippen molar-refractivity contribution in [2.75, 3.05) is 16.8 Å². The highest BCUT2D eigenvalue weighted by Gasteiger charge is 2.40. The first-order valence-corrected chi connectivity index (χ1v) is 13.2. The molecule has 0 spiro atoms. The Morgan fingerprint density at radius 1 is 1.05 bits per heavy atom. The van der Waals surface area contributed by atoms with Gasteiger partial charge >= 0.3 is 5.97 Å². The largest absolute Gasteiger partial charge is 0.462 e. The summed E-state index contributed by atoms with van der Waals surface area (Å²) in [5, 5.41) is 13.1. The summed E-state index contributed by atoms with van der Waals surface area (Å²) in [7, 11) is 0. The van der Waals surface area contributed by atoms with E-state index in [0.29, 0.717) is 33.4 Å². The lowest BCUT2D eigenvalue weighted by atomic mass is 10.1. The van der Waals surface area contributed by atoms with Gasteiger partial charge in [0.25, 0.3) is 5.91 Å². The van der Waals surface area contributed by atoms with Crippen molar-refractivity contribution in [2.24, 2.45) is 0 Å². The number of amides is 2. The van der Waals surface area contributed by atoms with Crippen LogP contribution in [0.3, 0.4) is 0 Å². The molecule has 0 saturated carbocycles. The van der Waals surface area contributed by atoms with Crippen molar-refractivity contribution in [3.05, 3.63) is 105 Å². The maximum Gasteiger partial charge on any atom is 0.338 e. The molecule has 1 N–H and O–H groups in total. The molecule has 38 heavy (non-hydrogen) atoms. The van der Waals surface area contributed by atoms with Gasteiger partial charge in [-0.2, -0.15) is 5.26 Å². The summed E-state index contributed by atoms with van der Waals surface area (Å²) in [4.78, 5) is 40.1. The van der Waals surface area contributed by atoms with Crippen molar-refractivity contribution < 1.29 is 19.1 Å². The number of thioether (sulfide) groups is 1. The minimum absolute atomic E-state index is 0.210. The van der Waals surface area contributed by atoms with Crippen LogP contribution in [0.1, 0.15) is 22.8 Å². The molecule has 1 saturated heterocycles. The number of benzene rings is 3. The summed E-state index contributed by atoms with van der Waals surface area (Å²) in [6.45, 7) is 1.96. The van der Waals surface area contributed by atoms with E-state index in [9.17, 15) is 19.6 Å². The number of carbonyl (C=O) groups is 3. The fourth-order valence-electron chi connectivity index (χ4n) is 3.78. The fraction of sp³-hybridized carbons (Fsp3) is 0.143. The zero-order valence-electron chi connectivity index (χ0n) is 20.1. The van der Waals surface area contributed by atoms with Gasteiger partial charge in [-0.05, 0) is 67.4 Å². The molecular weight excluding hydrogens is 545 g/mol. The molecule has 0 aromatic heterocycles. The highest BCUT2D eigenvalue weighted by atomic mass is 35.5. The number of rotatable bonds is 7. The quantitative estimate of drug-likeness (QED) is 0.207. The van der Waals surface area contributed by atoms with E-state index in [1.165, 1.54) is 17.0 Å². The second kappa shape index (κ2) is 12.2. The number of ether oxygens (including phenoxy) is 1. The number of nitrogens with one attached hydrogen (secondary N) is 1. The summed E-state index contributed by atoms with van der Waals surface area (Å²) in [6, 6.07) is 22.1. The SMILES string of the molecule is CCOC(=O)c1ccc(NC(=O)C(C#N)=C2SC(Cc3ccc(Cl)c(Cl)c3)C(=O)N2c2ccccc2)cc1. The summed E-state index contributed by atoms with van der Waals surface area (Å²) < 4.78 is 4.97. The molecule has 1 aliphatic rings. The topological polar surface area (TPSA) is 99.5 Å². The second-order valence-electron chi connectivity index (χ2n) is 8.11. The Balaban J connectivity index is 1.64. The molecule has 192 valence electrons. The minimum atomic E-state index is -0.678. The normalized spacial score (nSPS) is 16.1. The highest BCUT2D eigenvalue weighted by molar-refractivity contribution is 8.05. The average Bonchev–Trinajstić information content (AvgIpc) is 3.22. The van der Waals surface area contributed by atoms with Crippen LogP contribution in [0.4, 0.5) is 11.4 Å². The van der Waals surface area contributed by atoms with Gasteiger partial charge in [-0.3, -0.25) is 14.5 Å². The van der Waals surface area contributed by atoms with Crippen LogP contribution in [-0.2, 0) is 20.7 Å². The van der Waals surface area contributed by atoms with Gasteiger partial charge in [0, 0.05) is 11.4 Å². The lowest BCUT2D eigenvalue weighted by Crippen LogP contribution is -2.30. The molecule has 1 atom stereocenters. The predicted molar refractivity (Wildman–Crippen MR) is 149 cm³/mol. The second-order valence-corrected chi connectivity index (χ2v) is 10.1. The van der Waals surface area contributed by atoms with Gasteiger partial charge in [-0.1, -0.05) is 59.2 Å². The monoisotopic (exact) mass is 565 g/mol. The van der Waals surface area contributed by atoms with E-state index in [-0.39, 0.29) is 23.1 Å². The van der Waals surface area contributed by atoms with Crippen molar-refractivity contribution >= 4 is 64.1 Å². The molecule has 1 aliphatic heterocycles. The van der Waals surface area contributed by atoms with Crippen molar-refractivity contribution in [3.63, 3.8) is 0 Å². The number of esters is 1. The van der Waals surface area contributed by atoms with E-state index in [0.717, 1.165) is 17.3 Å². The Hall–Kier alpha value is -3.77. The molecule has 2 amide bonds. The van der Waals surface area contributed by atoms with Gasteiger partial charge in [-0.25, -0.2) is 4.79 Å². The zero-order chi connectivity index (χ0) is 27.2. The van der Waals surface area contributed by atoms with E-state index < -0.39 is 17.1 Å². The predicted octanol–water partition coefficient (Wildman–Crippen LogP) is 6.24. The van der Waals surface area contributed by atoms with Gasteiger partial charge < -0.3 is 10.1 Å². The first-order valence-electron chi connectivity index (χ1n) is 11.5. The summed E-state index contributed by atoms with van der Waals surface area (Å²) in [5.74, 6) is -1.41. The summed E-state index contributed by atoms with van der Waals surface area (Å²) >= 11 is 13.3. The number of para-hydroxylation sites is 1. The van der Waals surface area contributed by atoms with Crippen LogP contribution < -0.4 is 10.2 Å². The standard InChI is InChI=1S/C28H21Cl2N3O4S/c1-2-37-28(36)18-9-11-19(12-10-18)32-25(34)21(16-31)27-33(20-6-4-3-5-7-20)26(35)24(38-27)15-17-8-13-22(29)23(30)14-17/h3-14,24H,2,15H2,1H3,(H,32,34). The Kier molecular flexibility index (Phi) is 8.74. The van der Waals surface area contributed by atoms with Crippen molar-refractivity contribution in [1.29, 1.82) is 5.26 Å². The van der Waals surface area contributed by atoms with Crippen molar-refractivity contribution in [2.45, 2.75) is 18.6 Å². The average molecular weight is 566 g/mol. The van der Waals surface area contributed by atoms with Crippen LogP contribution in [0.15, 0.2) is 83.4 Å². The zero-order valence-corrected chi connectivity index (χ0v) is 22.4. The van der Waals surface area contributed by atoms with Gasteiger partial charge in [0.1, 0.15) is 16.7 Å². The molecule has 0 aliphatic carbocycles. The Morgan fingerprint density at radius 2 is 1.76 bits per heavy atom. The van der Waals surface area contributed by atoms with E-state index in [1.807, 2.05) is 12.1 Å². The Morgan fingerprint density at radius 3 is 2.39 bits per heavy atom. The molecular formula is C28H21Cl2N3O4S. The number of nitrogens with zero attached hydrogens (tertiary/aromatic N) is 2. The number of carbonyl (C=O) groups excluding carboxylic acids is 3. The van der Waals surface area contributed by atoms with Gasteiger partial charge in [-0.15, -0.1) is 0 Å². The van der Waals surface area contributed by atoms with E-state index in [2.05, 4.69) is 5.32 Å².